The summed E-state index contributed by atoms with van der Waals surface area (Å²) in [6.45, 7) is 0.815. The third-order valence-corrected chi connectivity index (χ3v) is 4.43. The van der Waals surface area contributed by atoms with Crippen molar-refractivity contribution in [2.24, 2.45) is 0 Å². The second-order valence-electron chi connectivity index (χ2n) is 6.90. The average molecular weight is 449 g/mol. The molecule has 0 spiro atoms. The molecule has 0 bridgehead atoms. The number of carbonyl (C=O) groups is 1. The summed E-state index contributed by atoms with van der Waals surface area (Å²) in [7, 11) is 4.68. The van der Waals surface area contributed by atoms with E-state index >= 15 is 0 Å². The molecule has 0 fully saturated rings. The third kappa shape index (κ3) is 9.55. The molecule has 0 aliphatic rings. The standard InChI is InChI=1S/C24H32O8/c1-26-16-30-21-10-6-19(7-11-21)9-13-24(25)29-14-4-5-20-8-12-22(31-17-27-2)23(15-20)32-18-28-3/h6-8,10-12,15H,4-5,9,13-14,16-18H2,1-3H3. The molecule has 0 heterocycles. The van der Waals surface area contributed by atoms with E-state index in [2.05, 4.69) is 0 Å². The summed E-state index contributed by atoms with van der Waals surface area (Å²) in [6.07, 6.45) is 2.40. The largest absolute Gasteiger partial charge is 0.468 e. The highest BCUT2D eigenvalue weighted by Gasteiger charge is 2.08. The Kier molecular flexibility index (Phi) is 12.0. The molecule has 0 radical (unpaired) electrons. The number of ether oxygens (including phenoxy) is 7. The fourth-order valence-corrected chi connectivity index (χ4v) is 2.85. The summed E-state index contributed by atoms with van der Waals surface area (Å²) in [4.78, 5) is 12.0. The number of methoxy groups -OCH3 is 3. The zero-order valence-corrected chi connectivity index (χ0v) is 19.0. The van der Waals surface area contributed by atoms with Crippen LogP contribution in [0.5, 0.6) is 17.2 Å². The molecular weight excluding hydrogens is 416 g/mol. The summed E-state index contributed by atoms with van der Waals surface area (Å²) in [5, 5.41) is 0. The van der Waals surface area contributed by atoms with Gasteiger partial charge in [-0.1, -0.05) is 18.2 Å². The molecule has 8 heteroatoms. The van der Waals surface area contributed by atoms with E-state index in [1.807, 2.05) is 42.5 Å². The Morgan fingerprint density at radius 1 is 0.719 bits per heavy atom. The van der Waals surface area contributed by atoms with Crippen LogP contribution in [0.1, 0.15) is 24.0 Å². The number of hydrogen-bond donors (Lipinski definition) is 0. The van der Waals surface area contributed by atoms with E-state index in [1.54, 1.807) is 21.3 Å². The first kappa shape index (κ1) is 25.5. The lowest BCUT2D eigenvalue weighted by atomic mass is 10.1. The minimum atomic E-state index is -0.211. The SMILES string of the molecule is COCOc1ccc(CCC(=O)OCCCc2ccc(OCOC)c(OCOC)c2)cc1. The maximum absolute atomic E-state index is 12.0. The second-order valence-corrected chi connectivity index (χ2v) is 6.90. The van der Waals surface area contributed by atoms with Gasteiger partial charge in [0.15, 0.2) is 31.9 Å². The van der Waals surface area contributed by atoms with Gasteiger partial charge in [0.1, 0.15) is 5.75 Å². The Balaban J connectivity index is 1.71. The molecule has 0 aliphatic carbocycles. The first-order chi connectivity index (χ1) is 15.7. The molecule has 0 atom stereocenters. The number of aryl methyl sites for hydroxylation is 2. The van der Waals surface area contributed by atoms with Crippen molar-refractivity contribution >= 4 is 5.97 Å². The fraction of sp³-hybridized carbons (Fsp3) is 0.458. The smallest absolute Gasteiger partial charge is 0.306 e. The molecule has 0 N–H and O–H groups in total. The summed E-state index contributed by atoms with van der Waals surface area (Å²) >= 11 is 0. The second kappa shape index (κ2) is 15.1. The zero-order chi connectivity index (χ0) is 23.0. The molecule has 8 nitrogen and oxygen atoms in total. The van der Waals surface area contributed by atoms with Crippen LogP contribution >= 0.6 is 0 Å². The van der Waals surface area contributed by atoms with Gasteiger partial charge in [-0.2, -0.15) is 0 Å². The van der Waals surface area contributed by atoms with E-state index in [9.17, 15) is 4.79 Å². The maximum atomic E-state index is 12.0. The van der Waals surface area contributed by atoms with Crippen molar-refractivity contribution in [1.82, 2.24) is 0 Å². The quantitative estimate of drug-likeness (QED) is 0.218. The van der Waals surface area contributed by atoms with Crippen LogP contribution in [-0.2, 0) is 36.6 Å². The van der Waals surface area contributed by atoms with Crippen LogP contribution in [-0.4, -0.2) is 54.3 Å². The predicted molar refractivity (Wildman–Crippen MR) is 118 cm³/mol. The van der Waals surface area contributed by atoms with Gasteiger partial charge in [-0.25, -0.2) is 0 Å². The van der Waals surface area contributed by atoms with Gasteiger partial charge in [0.05, 0.1) is 6.61 Å². The zero-order valence-electron chi connectivity index (χ0n) is 19.0. The van der Waals surface area contributed by atoms with Gasteiger partial charge in [-0.15, -0.1) is 0 Å². The van der Waals surface area contributed by atoms with Gasteiger partial charge in [0, 0.05) is 27.8 Å². The van der Waals surface area contributed by atoms with Gasteiger partial charge >= 0.3 is 5.97 Å². The van der Waals surface area contributed by atoms with Crippen molar-refractivity contribution in [2.75, 3.05) is 48.3 Å². The Bertz CT molecular complexity index is 791. The lowest BCUT2D eigenvalue weighted by Crippen LogP contribution is -2.08. The molecule has 0 amide bonds. The predicted octanol–water partition coefficient (Wildman–Crippen LogP) is 3.74. The number of rotatable bonds is 16. The molecule has 2 aromatic rings. The topological polar surface area (TPSA) is 81.7 Å². The van der Waals surface area contributed by atoms with E-state index in [0.29, 0.717) is 37.4 Å². The van der Waals surface area contributed by atoms with E-state index in [0.717, 1.165) is 23.3 Å². The number of hydrogen-bond acceptors (Lipinski definition) is 8. The van der Waals surface area contributed by atoms with Crippen LogP contribution < -0.4 is 14.2 Å². The third-order valence-electron chi connectivity index (χ3n) is 4.43. The summed E-state index contributed by atoms with van der Waals surface area (Å²) in [5.41, 5.74) is 2.10. The fourth-order valence-electron chi connectivity index (χ4n) is 2.85. The van der Waals surface area contributed by atoms with Crippen molar-refractivity contribution in [3.05, 3.63) is 53.6 Å². The first-order valence-electron chi connectivity index (χ1n) is 10.4. The Labute approximate surface area is 189 Å². The highest BCUT2D eigenvalue weighted by Crippen LogP contribution is 2.29. The minimum absolute atomic E-state index is 0.118. The molecule has 0 saturated carbocycles. The van der Waals surface area contributed by atoms with Crippen LogP contribution in [0.2, 0.25) is 0 Å². The van der Waals surface area contributed by atoms with Gasteiger partial charge in [-0.3, -0.25) is 4.79 Å². The summed E-state index contributed by atoms with van der Waals surface area (Å²) < 4.78 is 36.5. The lowest BCUT2D eigenvalue weighted by Gasteiger charge is -2.13. The highest BCUT2D eigenvalue weighted by atomic mass is 16.7. The molecule has 32 heavy (non-hydrogen) atoms. The van der Waals surface area contributed by atoms with E-state index < -0.39 is 0 Å². The van der Waals surface area contributed by atoms with Crippen LogP contribution in [0.4, 0.5) is 0 Å². The number of esters is 1. The number of carbonyl (C=O) groups excluding carboxylic acids is 1. The van der Waals surface area contributed by atoms with Crippen molar-refractivity contribution in [3.63, 3.8) is 0 Å². The molecule has 0 aliphatic heterocycles. The van der Waals surface area contributed by atoms with E-state index in [-0.39, 0.29) is 26.3 Å². The minimum Gasteiger partial charge on any atom is -0.468 e. The van der Waals surface area contributed by atoms with Crippen LogP contribution in [0.25, 0.3) is 0 Å². The Hall–Kier alpha value is -2.81. The number of benzene rings is 2. The molecule has 2 rings (SSSR count). The van der Waals surface area contributed by atoms with Crippen molar-refractivity contribution in [2.45, 2.75) is 25.7 Å². The molecular formula is C24H32O8. The maximum Gasteiger partial charge on any atom is 0.306 e. The summed E-state index contributed by atoms with van der Waals surface area (Å²) in [5.74, 6) is 1.68. The van der Waals surface area contributed by atoms with Gasteiger partial charge in [0.25, 0.3) is 0 Å². The van der Waals surface area contributed by atoms with Crippen LogP contribution in [0.3, 0.4) is 0 Å². The Morgan fingerprint density at radius 2 is 1.34 bits per heavy atom. The molecule has 2 aromatic carbocycles. The summed E-state index contributed by atoms with van der Waals surface area (Å²) in [6, 6.07) is 13.3. The Morgan fingerprint density at radius 3 is 2.03 bits per heavy atom. The van der Waals surface area contributed by atoms with Gasteiger partial charge < -0.3 is 33.2 Å². The highest BCUT2D eigenvalue weighted by molar-refractivity contribution is 5.69. The lowest BCUT2D eigenvalue weighted by molar-refractivity contribution is -0.143. The van der Waals surface area contributed by atoms with Crippen molar-refractivity contribution < 1.29 is 38.0 Å². The monoisotopic (exact) mass is 448 g/mol. The van der Waals surface area contributed by atoms with Crippen LogP contribution in [0.15, 0.2) is 42.5 Å². The van der Waals surface area contributed by atoms with Crippen LogP contribution in [0, 0.1) is 0 Å². The molecule has 176 valence electrons. The van der Waals surface area contributed by atoms with Crippen molar-refractivity contribution in [1.29, 1.82) is 0 Å². The first-order valence-corrected chi connectivity index (χ1v) is 10.4. The van der Waals surface area contributed by atoms with Crippen molar-refractivity contribution in [3.8, 4) is 17.2 Å². The molecule has 0 unspecified atom stereocenters. The molecule has 0 aromatic heterocycles. The van der Waals surface area contributed by atoms with Gasteiger partial charge in [-0.05, 0) is 54.7 Å². The van der Waals surface area contributed by atoms with Gasteiger partial charge in [0.2, 0.25) is 0 Å². The normalized spacial score (nSPS) is 10.6. The van der Waals surface area contributed by atoms with E-state index in [4.69, 9.17) is 33.2 Å². The van der Waals surface area contributed by atoms with E-state index in [1.165, 1.54) is 0 Å². The molecule has 0 saturated heterocycles. The average Bonchev–Trinajstić information content (AvgIpc) is 2.82.